The molecule has 0 amide bonds. The minimum Gasteiger partial charge on any atom is -0.342 e. The van der Waals surface area contributed by atoms with Gasteiger partial charge in [-0.25, -0.2) is 4.98 Å². The fourth-order valence-corrected chi connectivity index (χ4v) is 2.52. The predicted octanol–water partition coefficient (Wildman–Crippen LogP) is 2.37. The van der Waals surface area contributed by atoms with Crippen LogP contribution in [0, 0.1) is 5.92 Å². The van der Waals surface area contributed by atoms with E-state index in [1.165, 1.54) is 6.42 Å². The van der Waals surface area contributed by atoms with E-state index in [-0.39, 0.29) is 0 Å². The molecule has 1 aromatic carbocycles. The Morgan fingerprint density at radius 3 is 3.12 bits per heavy atom. The molecule has 84 valence electrons. The molecule has 2 N–H and O–H groups in total. The van der Waals surface area contributed by atoms with Crippen molar-refractivity contribution >= 4 is 22.6 Å². The average Bonchev–Trinajstić information content (AvgIpc) is 2.88. The van der Waals surface area contributed by atoms with E-state index < -0.39 is 0 Å². The van der Waals surface area contributed by atoms with Crippen LogP contribution in [0.4, 0.5) is 0 Å². The molecule has 3 rings (SSSR count). The Morgan fingerprint density at radius 2 is 2.38 bits per heavy atom. The zero-order valence-electron chi connectivity index (χ0n) is 8.96. The molecule has 16 heavy (non-hydrogen) atoms. The molecular formula is C12H14ClN3. The summed E-state index contributed by atoms with van der Waals surface area (Å²) in [4.78, 5) is 7.90. The summed E-state index contributed by atoms with van der Waals surface area (Å²) in [6, 6.07) is 5.85. The fourth-order valence-electron chi connectivity index (χ4n) is 2.31. The number of rotatable bonds is 2. The summed E-state index contributed by atoms with van der Waals surface area (Å²) in [6.07, 6.45) is 2.25. The summed E-state index contributed by atoms with van der Waals surface area (Å²) < 4.78 is 0. The highest BCUT2D eigenvalue weighted by Gasteiger charge is 2.17. The first kappa shape index (κ1) is 10.1. The Bertz CT molecular complexity index is 500. The minimum atomic E-state index is 0.708. The van der Waals surface area contributed by atoms with Gasteiger partial charge in [0.15, 0.2) is 0 Å². The number of hydrogen-bond acceptors (Lipinski definition) is 2. The van der Waals surface area contributed by atoms with Crippen LogP contribution in [0.25, 0.3) is 11.0 Å². The molecular weight excluding hydrogens is 222 g/mol. The van der Waals surface area contributed by atoms with E-state index >= 15 is 0 Å². The molecule has 1 aliphatic rings. The van der Waals surface area contributed by atoms with Gasteiger partial charge in [-0.15, -0.1) is 0 Å². The van der Waals surface area contributed by atoms with Crippen molar-refractivity contribution in [3.05, 3.63) is 29.0 Å². The maximum Gasteiger partial charge on any atom is 0.107 e. The lowest BCUT2D eigenvalue weighted by Crippen LogP contribution is -2.11. The number of aromatic amines is 1. The lowest BCUT2D eigenvalue weighted by atomic mass is 10.1. The van der Waals surface area contributed by atoms with Crippen molar-refractivity contribution in [2.75, 3.05) is 13.1 Å². The van der Waals surface area contributed by atoms with Gasteiger partial charge in [-0.3, -0.25) is 0 Å². The Balaban J connectivity index is 1.90. The number of hydrogen-bond donors (Lipinski definition) is 2. The fraction of sp³-hybridized carbons (Fsp3) is 0.417. The Kier molecular flexibility index (Phi) is 2.58. The van der Waals surface area contributed by atoms with Crippen molar-refractivity contribution < 1.29 is 0 Å². The standard InChI is InChI=1S/C12H14ClN3/c13-9-2-1-3-10-12(9)16-11(15-10)6-8-4-5-14-7-8/h1-3,8,14H,4-7H2,(H,15,16). The third kappa shape index (κ3) is 1.81. The van der Waals surface area contributed by atoms with Crippen LogP contribution in [-0.2, 0) is 6.42 Å². The lowest BCUT2D eigenvalue weighted by Gasteiger charge is -2.03. The van der Waals surface area contributed by atoms with Crippen LogP contribution >= 0.6 is 11.6 Å². The van der Waals surface area contributed by atoms with Gasteiger partial charge in [0.1, 0.15) is 11.3 Å². The molecule has 1 fully saturated rings. The van der Waals surface area contributed by atoms with Crippen molar-refractivity contribution in [1.29, 1.82) is 0 Å². The van der Waals surface area contributed by atoms with Gasteiger partial charge in [0.2, 0.25) is 0 Å². The third-order valence-electron chi connectivity index (χ3n) is 3.16. The van der Waals surface area contributed by atoms with Crippen molar-refractivity contribution in [2.24, 2.45) is 5.92 Å². The van der Waals surface area contributed by atoms with E-state index in [4.69, 9.17) is 11.6 Å². The zero-order chi connectivity index (χ0) is 11.0. The van der Waals surface area contributed by atoms with E-state index in [0.29, 0.717) is 5.92 Å². The Morgan fingerprint density at radius 1 is 1.44 bits per heavy atom. The number of H-pyrrole nitrogens is 1. The lowest BCUT2D eigenvalue weighted by molar-refractivity contribution is 0.565. The molecule has 0 spiro atoms. The predicted molar refractivity (Wildman–Crippen MR) is 65.8 cm³/mol. The van der Waals surface area contributed by atoms with Crippen LogP contribution < -0.4 is 5.32 Å². The largest absolute Gasteiger partial charge is 0.342 e. The van der Waals surface area contributed by atoms with Crippen molar-refractivity contribution in [3.8, 4) is 0 Å². The van der Waals surface area contributed by atoms with Gasteiger partial charge in [-0.1, -0.05) is 17.7 Å². The molecule has 1 saturated heterocycles. The number of halogens is 1. The first-order chi connectivity index (χ1) is 7.83. The molecule has 1 atom stereocenters. The SMILES string of the molecule is Clc1cccc2[nH]c(CC3CCNC3)nc12. The van der Waals surface area contributed by atoms with E-state index in [9.17, 15) is 0 Å². The van der Waals surface area contributed by atoms with Crippen LogP contribution in [0.3, 0.4) is 0 Å². The topological polar surface area (TPSA) is 40.7 Å². The van der Waals surface area contributed by atoms with Crippen molar-refractivity contribution in [2.45, 2.75) is 12.8 Å². The smallest absolute Gasteiger partial charge is 0.107 e. The van der Waals surface area contributed by atoms with Crippen LogP contribution in [0.1, 0.15) is 12.2 Å². The molecule has 2 aromatic rings. The van der Waals surface area contributed by atoms with Gasteiger partial charge in [-0.05, 0) is 37.6 Å². The summed E-state index contributed by atoms with van der Waals surface area (Å²) in [5.41, 5.74) is 1.93. The quantitative estimate of drug-likeness (QED) is 0.839. The molecule has 1 unspecified atom stereocenters. The second-order valence-corrected chi connectivity index (χ2v) is 4.79. The second kappa shape index (κ2) is 4.07. The molecule has 3 nitrogen and oxygen atoms in total. The number of para-hydroxylation sites is 1. The molecule has 4 heteroatoms. The molecule has 0 bridgehead atoms. The van der Waals surface area contributed by atoms with Crippen molar-refractivity contribution in [3.63, 3.8) is 0 Å². The molecule has 1 aromatic heterocycles. The minimum absolute atomic E-state index is 0.708. The summed E-state index contributed by atoms with van der Waals surface area (Å²) in [5, 5.41) is 4.10. The molecule has 0 radical (unpaired) electrons. The number of benzene rings is 1. The van der Waals surface area contributed by atoms with Crippen LogP contribution in [0.2, 0.25) is 5.02 Å². The Labute approximate surface area is 99.2 Å². The summed E-state index contributed by atoms with van der Waals surface area (Å²) in [7, 11) is 0. The normalized spacial score (nSPS) is 20.7. The van der Waals surface area contributed by atoms with E-state index in [2.05, 4.69) is 15.3 Å². The second-order valence-electron chi connectivity index (χ2n) is 4.38. The number of nitrogens with one attached hydrogen (secondary N) is 2. The van der Waals surface area contributed by atoms with Gasteiger partial charge in [-0.2, -0.15) is 0 Å². The highest BCUT2D eigenvalue weighted by molar-refractivity contribution is 6.34. The van der Waals surface area contributed by atoms with Crippen molar-refractivity contribution in [1.82, 2.24) is 15.3 Å². The maximum absolute atomic E-state index is 6.09. The van der Waals surface area contributed by atoms with Crippen LogP contribution in [-0.4, -0.2) is 23.1 Å². The van der Waals surface area contributed by atoms with Gasteiger partial charge in [0.05, 0.1) is 10.5 Å². The number of nitrogens with zero attached hydrogens (tertiary/aromatic N) is 1. The van der Waals surface area contributed by atoms with E-state index in [1.54, 1.807) is 0 Å². The zero-order valence-corrected chi connectivity index (χ0v) is 9.72. The number of fused-ring (bicyclic) bond motifs is 1. The highest BCUT2D eigenvalue weighted by Crippen LogP contribution is 2.22. The summed E-state index contributed by atoms with van der Waals surface area (Å²) in [6.45, 7) is 2.23. The third-order valence-corrected chi connectivity index (χ3v) is 3.46. The Hall–Kier alpha value is -1.06. The van der Waals surface area contributed by atoms with E-state index in [0.717, 1.165) is 41.4 Å². The molecule has 2 heterocycles. The van der Waals surface area contributed by atoms with E-state index in [1.807, 2.05) is 18.2 Å². The summed E-state index contributed by atoms with van der Waals surface area (Å²) in [5.74, 6) is 1.76. The summed E-state index contributed by atoms with van der Waals surface area (Å²) >= 11 is 6.09. The van der Waals surface area contributed by atoms with Crippen LogP contribution in [0.15, 0.2) is 18.2 Å². The van der Waals surface area contributed by atoms with Gasteiger partial charge in [0.25, 0.3) is 0 Å². The molecule has 0 saturated carbocycles. The van der Waals surface area contributed by atoms with Gasteiger partial charge >= 0.3 is 0 Å². The van der Waals surface area contributed by atoms with Crippen LogP contribution in [0.5, 0.6) is 0 Å². The molecule has 0 aliphatic carbocycles. The first-order valence-electron chi connectivity index (χ1n) is 5.67. The maximum atomic E-state index is 6.09. The number of aromatic nitrogens is 2. The van der Waals surface area contributed by atoms with Gasteiger partial charge < -0.3 is 10.3 Å². The first-order valence-corrected chi connectivity index (χ1v) is 6.04. The molecule has 1 aliphatic heterocycles. The van der Waals surface area contributed by atoms with Gasteiger partial charge in [0, 0.05) is 6.42 Å². The number of imidazole rings is 1. The monoisotopic (exact) mass is 235 g/mol. The average molecular weight is 236 g/mol. The highest BCUT2D eigenvalue weighted by atomic mass is 35.5.